The Morgan fingerprint density at radius 1 is 0.871 bits per heavy atom. The van der Waals surface area contributed by atoms with Gasteiger partial charge in [0.15, 0.2) is 0 Å². The molecule has 0 unspecified atom stereocenters. The summed E-state index contributed by atoms with van der Waals surface area (Å²) in [5.74, 6) is 0.0932. The van der Waals surface area contributed by atoms with E-state index >= 15 is 0 Å². The van der Waals surface area contributed by atoms with Gasteiger partial charge in [-0.05, 0) is 53.6 Å². The van der Waals surface area contributed by atoms with Gasteiger partial charge < -0.3 is 19.4 Å². The Labute approximate surface area is 196 Å². The first kappa shape index (κ1) is 22.8. The topological polar surface area (TPSA) is 77.4 Å². The van der Waals surface area contributed by atoms with Crippen LogP contribution in [0.3, 0.4) is 0 Å². The second-order valence-corrected chi connectivity index (χ2v) is 8.26. The first-order valence-electron chi connectivity index (χ1n) is 9.25. The number of ether oxygens (including phenoxy) is 2. The fraction of sp³-hybridized carbons (Fsp3) is 0.130. The molecule has 0 aliphatic rings. The van der Waals surface area contributed by atoms with Crippen LogP contribution >= 0.6 is 31.9 Å². The lowest BCUT2D eigenvalue weighted by molar-refractivity contribution is -0.142. The molecule has 0 aliphatic heterocycles. The minimum absolute atomic E-state index is 0.364. The van der Waals surface area contributed by atoms with Gasteiger partial charge in [-0.15, -0.1) is 0 Å². The number of hydrogen-bond acceptors (Lipinski definition) is 5. The molecule has 0 bridgehead atoms. The number of hydrogen-bond donors (Lipinski definition) is 1. The molecule has 3 rings (SSSR count). The van der Waals surface area contributed by atoms with Crippen molar-refractivity contribution < 1.29 is 24.2 Å². The molecule has 1 N–H and O–H groups in total. The maximum Gasteiger partial charge on any atom is 0.344 e. The number of carboxylic acids is 1. The zero-order chi connectivity index (χ0) is 22.1. The van der Waals surface area contributed by atoms with E-state index < -0.39 is 12.6 Å². The highest BCUT2D eigenvalue weighted by Gasteiger charge is 2.07. The number of rotatable bonds is 10. The molecule has 6 nitrogen and oxygen atoms in total. The SMILES string of the molecule is O=C(O)CON=Cc1cc(OCc2ccc(Br)cc2)ccc1OCc1ccc(Br)cc1. The molecule has 0 heterocycles. The van der Waals surface area contributed by atoms with Gasteiger partial charge in [0, 0.05) is 14.5 Å². The van der Waals surface area contributed by atoms with Gasteiger partial charge in [0.2, 0.25) is 6.61 Å². The Morgan fingerprint density at radius 3 is 2.03 bits per heavy atom. The third kappa shape index (κ3) is 7.73. The third-order valence-electron chi connectivity index (χ3n) is 4.06. The zero-order valence-corrected chi connectivity index (χ0v) is 19.5. The number of carboxylic acid groups (broad SMARTS) is 1. The van der Waals surface area contributed by atoms with E-state index in [1.54, 1.807) is 12.1 Å². The minimum atomic E-state index is -1.10. The van der Waals surface area contributed by atoms with E-state index in [1.807, 2.05) is 54.6 Å². The smallest absolute Gasteiger partial charge is 0.344 e. The van der Waals surface area contributed by atoms with E-state index in [4.69, 9.17) is 19.4 Å². The van der Waals surface area contributed by atoms with Crippen LogP contribution in [0, 0.1) is 0 Å². The quantitative estimate of drug-likeness (QED) is 0.256. The molecule has 0 atom stereocenters. The highest BCUT2D eigenvalue weighted by molar-refractivity contribution is 9.10. The van der Waals surface area contributed by atoms with Crippen molar-refractivity contribution in [1.82, 2.24) is 0 Å². The number of benzene rings is 3. The minimum Gasteiger partial charge on any atom is -0.489 e. The lowest BCUT2D eigenvalue weighted by Crippen LogP contribution is -2.04. The van der Waals surface area contributed by atoms with E-state index in [0.717, 1.165) is 20.1 Å². The normalized spacial score (nSPS) is 10.8. The number of carbonyl (C=O) groups is 1. The molecule has 160 valence electrons. The van der Waals surface area contributed by atoms with Crippen molar-refractivity contribution >= 4 is 44.0 Å². The second-order valence-electron chi connectivity index (χ2n) is 6.43. The van der Waals surface area contributed by atoms with Gasteiger partial charge in [-0.1, -0.05) is 61.3 Å². The van der Waals surface area contributed by atoms with E-state index in [2.05, 4.69) is 37.0 Å². The molecular formula is C23H19Br2NO5. The summed E-state index contributed by atoms with van der Waals surface area (Å²) in [7, 11) is 0. The molecule has 0 saturated carbocycles. The average molecular weight is 549 g/mol. The molecule has 0 amide bonds. The maximum absolute atomic E-state index is 10.6. The number of oxime groups is 1. The van der Waals surface area contributed by atoms with E-state index in [1.165, 1.54) is 6.21 Å². The Hall–Kier alpha value is -2.84. The summed E-state index contributed by atoms with van der Waals surface area (Å²) in [4.78, 5) is 15.4. The summed E-state index contributed by atoms with van der Waals surface area (Å²) in [6.07, 6.45) is 1.41. The highest BCUT2D eigenvalue weighted by atomic mass is 79.9. The lowest BCUT2D eigenvalue weighted by atomic mass is 10.2. The van der Waals surface area contributed by atoms with Gasteiger partial charge in [-0.25, -0.2) is 4.79 Å². The van der Waals surface area contributed by atoms with E-state index in [0.29, 0.717) is 30.3 Å². The Morgan fingerprint density at radius 2 is 1.45 bits per heavy atom. The molecule has 31 heavy (non-hydrogen) atoms. The van der Waals surface area contributed by atoms with Crippen LogP contribution in [0.25, 0.3) is 0 Å². The first-order chi connectivity index (χ1) is 15.0. The van der Waals surface area contributed by atoms with Crippen molar-refractivity contribution in [3.05, 3.63) is 92.4 Å². The molecule has 0 spiro atoms. The number of aliphatic carboxylic acids is 1. The largest absolute Gasteiger partial charge is 0.489 e. The molecule has 8 heteroatoms. The number of nitrogens with zero attached hydrogens (tertiary/aromatic N) is 1. The van der Waals surface area contributed by atoms with Crippen LogP contribution in [-0.4, -0.2) is 23.9 Å². The Bertz CT molecular complexity index is 1040. The second kappa shape index (κ2) is 11.5. The average Bonchev–Trinajstić information content (AvgIpc) is 2.76. The van der Waals surface area contributed by atoms with Crippen molar-refractivity contribution in [3.63, 3.8) is 0 Å². The predicted octanol–water partition coefficient (Wildman–Crippen LogP) is 5.80. The van der Waals surface area contributed by atoms with Gasteiger partial charge in [-0.3, -0.25) is 0 Å². The number of halogens is 2. The standard InChI is InChI=1S/C23H19Br2NO5/c24-19-5-1-16(2-6-19)13-29-21-9-10-22(18(11-21)12-26-31-15-23(27)28)30-14-17-3-7-20(25)8-4-17/h1-12H,13-15H2,(H,27,28). The maximum atomic E-state index is 10.6. The summed E-state index contributed by atoms with van der Waals surface area (Å²) in [5.41, 5.74) is 2.64. The van der Waals surface area contributed by atoms with Crippen molar-refractivity contribution in [2.45, 2.75) is 13.2 Å². The van der Waals surface area contributed by atoms with Gasteiger partial charge in [0.05, 0.1) is 6.21 Å². The Kier molecular flexibility index (Phi) is 8.49. The van der Waals surface area contributed by atoms with Crippen molar-refractivity contribution in [2.24, 2.45) is 5.16 Å². The molecule has 0 fully saturated rings. The zero-order valence-electron chi connectivity index (χ0n) is 16.3. The molecular weight excluding hydrogens is 530 g/mol. The molecule has 3 aromatic rings. The van der Waals surface area contributed by atoms with Gasteiger partial charge in [0.1, 0.15) is 24.7 Å². The van der Waals surface area contributed by atoms with Crippen LogP contribution in [0.1, 0.15) is 16.7 Å². The summed E-state index contributed by atoms with van der Waals surface area (Å²) in [6, 6.07) is 21.0. The molecule has 0 aromatic heterocycles. The highest BCUT2D eigenvalue weighted by Crippen LogP contribution is 2.25. The van der Waals surface area contributed by atoms with Gasteiger partial charge in [0.25, 0.3) is 0 Å². The van der Waals surface area contributed by atoms with Crippen molar-refractivity contribution in [3.8, 4) is 11.5 Å². The summed E-state index contributed by atoms with van der Waals surface area (Å²) in [6.45, 7) is 0.243. The summed E-state index contributed by atoms with van der Waals surface area (Å²) in [5, 5.41) is 12.4. The molecule has 0 saturated heterocycles. The first-order valence-corrected chi connectivity index (χ1v) is 10.8. The van der Waals surface area contributed by atoms with Crippen molar-refractivity contribution in [2.75, 3.05) is 6.61 Å². The van der Waals surface area contributed by atoms with Crippen LogP contribution < -0.4 is 9.47 Å². The van der Waals surface area contributed by atoms with Gasteiger partial charge in [-0.2, -0.15) is 0 Å². The molecule has 3 aromatic carbocycles. The van der Waals surface area contributed by atoms with Crippen LogP contribution in [0.5, 0.6) is 11.5 Å². The van der Waals surface area contributed by atoms with Crippen LogP contribution in [-0.2, 0) is 22.8 Å². The summed E-state index contributed by atoms with van der Waals surface area (Å²) >= 11 is 6.82. The van der Waals surface area contributed by atoms with Crippen LogP contribution in [0.4, 0.5) is 0 Å². The Balaban J connectivity index is 1.71. The summed E-state index contributed by atoms with van der Waals surface area (Å²) < 4.78 is 13.8. The van der Waals surface area contributed by atoms with Crippen LogP contribution in [0.2, 0.25) is 0 Å². The molecule has 0 aliphatic carbocycles. The lowest BCUT2D eigenvalue weighted by Gasteiger charge is -2.12. The van der Waals surface area contributed by atoms with Crippen LogP contribution in [0.15, 0.2) is 80.8 Å². The third-order valence-corrected chi connectivity index (χ3v) is 5.12. The fourth-order valence-corrected chi connectivity index (χ4v) is 3.05. The monoisotopic (exact) mass is 547 g/mol. The van der Waals surface area contributed by atoms with Crippen molar-refractivity contribution in [1.29, 1.82) is 0 Å². The van der Waals surface area contributed by atoms with Gasteiger partial charge >= 0.3 is 5.97 Å². The predicted molar refractivity (Wildman–Crippen MR) is 125 cm³/mol. The van der Waals surface area contributed by atoms with E-state index in [9.17, 15) is 4.79 Å². The molecule has 0 radical (unpaired) electrons. The fourth-order valence-electron chi connectivity index (χ4n) is 2.52. The van der Waals surface area contributed by atoms with E-state index in [-0.39, 0.29) is 0 Å².